The van der Waals surface area contributed by atoms with Gasteiger partial charge in [0.05, 0.1) is 5.35 Å². The molecule has 0 unspecified atom stereocenters. The molecule has 0 saturated carbocycles. The smallest absolute Gasteiger partial charge is 0.298 e. The Labute approximate surface area is 107 Å². The molecule has 0 aliphatic heterocycles. The van der Waals surface area contributed by atoms with Crippen molar-refractivity contribution >= 4 is 12.2 Å². The Balaban J connectivity index is 2.85. The summed E-state index contributed by atoms with van der Waals surface area (Å²) in [6.45, 7) is 8.39. The minimum absolute atomic E-state index is 0.220. The van der Waals surface area contributed by atoms with Crippen molar-refractivity contribution < 1.29 is 4.42 Å². The van der Waals surface area contributed by atoms with E-state index in [1.54, 1.807) is 0 Å². The van der Waals surface area contributed by atoms with E-state index in [4.69, 9.17) is 4.42 Å². The van der Waals surface area contributed by atoms with E-state index in [9.17, 15) is 0 Å². The van der Waals surface area contributed by atoms with Crippen LogP contribution >= 0.6 is 0 Å². The van der Waals surface area contributed by atoms with Crippen molar-refractivity contribution in [3.05, 3.63) is 40.8 Å². The molecule has 0 bridgehead atoms. The van der Waals surface area contributed by atoms with Gasteiger partial charge in [-0.25, -0.2) is 4.99 Å². The number of hydrogen-bond donors (Lipinski definition) is 0. The van der Waals surface area contributed by atoms with Crippen LogP contribution in [0.3, 0.4) is 0 Å². The number of oxazole rings is 1. The molecule has 1 heterocycles. The third kappa shape index (κ3) is 2.55. The molecule has 1 aromatic rings. The Morgan fingerprint density at radius 2 is 1.67 bits per heavy atom. The van der Waals surface area contributed by atoms with Crippen molar-refractivity contribution in [1.29, 1.82) is 0 Å². The summed E-state index contributed by atoms with van der Waals surface area (Å²) >= 11 is 0. The van der Waals surface area contributed by atoms with Crippen LogP contribution in [0.25, 0.3) is 12.2 Å². The van der Waals surface area contributed by atoms with Crippen molar-refractivity contribution in [3.8, 4) is 0 Å². The van der Waals surface area contributed by atoms with Gasteiger partial charge in [-0.3, -0.25) is 4.57 Å². The van der Waals surface area contributed by atoms with Crippen LogP contribution in [0, 0.1) is 0 Å². The van der Waals surface area contributed by atoms with Crippen molar-refractivity contribution in [2.45, 2.75) is 39.8 Å². The number of nitrogens with zero attached hydrogens (tertiary/aromatic N) is 2. The zero-order valence-electron chi connectivity index (χ0n) is 11.4. The first-order valence-corrected chi connectivity index (χ1v) is 6.40. The summed E-state index contributed by atoms with van der Waals surface area (Å²) < 4.78 is 8.00. The molecule has 0 saturated heterocycles. The molecule has 0 atom stereocenters. The lowest BCUT2D eigenvalue weighted by Gasteiger charge is -2.06. The van der Waals surface area contributed by atoms with Gasteiger partial charge in [0.1, 0.15) is 0 Å². The Morgan fingerprint density at radius 3 is 2.28 bits per heavy atom. The highest BCUT2D eigenvalue weighted by Gasteiger charge is 2.07. The van der Waals surface area contributed by atoms with Crippen LogP contribution in [0.1, 0.15) is 33.7 Å². The quantitative estimate of drug-likeness (QED) is 0.778. The predicted molar refractivity (Wildman–Crippen MR) is 74.2 cm³/mol. The van der Waals surface area contributed by atoms with Crippen LogP contribution < -0.4 is 16.4 Å². The van der Waals surface area contributed by atoms with Crippen LogP contribution in [0.5, 0.6) is 0 Å². The molecule has 96 valence electrons. The summed E-state index contributed by atoms with van der Waals surface area (Å²) in [4.78, 5) is 4.55. The van der Waals surface area contributed by atoms with E-state index in [2.05, 4.69) is 43.3 Å². The highest BCUT2D eigenvalue weighted by molar-refractivity contribution is 5.44. The van der Waals surface area contributed by atoms with E-state index in [0.29, 0.717) is 11.7 Å². The summed E-state index contributed by atoms with van der Waals surface area (Å²) in [6, 6.07) is 0.537. The molecule has 0 amide bonds. The number of aromatic nitrogens is 1. The number of rotatable bonds is 2. The van der Waals surface area contributed by atoms with Gasteiger partial charge in [0, 0.05) is 12.1 Å². The zero-order chi connectivity index (χ0) is 13.1. The van der Waals surface area contributed by atoms with E-state index in [-0.39, 0.29) is 6.04 Å². The highest BCUT2D eigenvalue weighted by atomic mass is 16.3. The average Bonchev–Trinajstić information content (AvgIpc) is 2.55. The fourth-order valence-corrected chi connectivity index (χ4v) is 1.93. The minimum Gasteiger partial charge on any atom is -0.424 e. The fraction of sp³-hybridized carbons (Fsp3) is 0.400. The molecule has 0 radical (unpaired) electrons. The van der Waals surface area contributed by atoms with E-state index >= 15 is 0 Å². The fourth-order valence-electron chi connectivity index (χ4n) is 1.93. The van der Waals surface area contributed by atoms with E-state index in [0.717, 1.165) is 10.8 Å². The summed E-state index contributed by atoms with van der Waals surface area (Å²) in [6.07, 6.45) is 12.1. The van der Waals surface area contributed by atoms with E-state index in [1.165, 1.54) is 0 Å². The van der Waals surface area contributed by atoms with Gasteiger partial charge in [-0.05, 0) is 39.8 Å². The Hall–Kier alpha value is -1.77. The molecule has 0 aromatic carbocycles. The van der Waals surface area contributed by atoms with Gasteiger partial charge >= 0.3 is 0 Å². The van der Waals surface area contributed by atoms with Gasteiger partial charge in [0.2, 0.25) is 0 Å². The molecule has 0 N–H and O–H groups in total. The summed E-state index contributed by atoms with van der Waals surface area (Å²) in [5, 5.41) is 1.07. The second kappa shape index (κ2) is 5.25. The monoisotopic (exact) mass is 244 g/mol. The van der Waals surface area contributed by atoms with Gasteiger partial charge in [-0.1, -0.05) is 24.3 Å². The van der Waals surface area contributed by atoms with Crippen LogP contribution in [0.15, 0.2) is 33.7 Å². The molecule has 0 fully saturated rings. The van der Waals surface area contributed by atoms with Crippen molar-refractivity contribution in [2.24, 2.45) is 4.99 Å². The summed E-state index contributed by atoms with van der Waals surface area (Å²) in [7, 11) is 0. The average molecular weight is 244 g/mol. The van der Waals surface area contributed by atoms with Crippen LogP contribution in [0.2, 0.25) is 0 Å². The molecular formula is C15H20N2O. The first-order valence-electron chi connectivity index (χ1n) is 6.40. The predicted octanol–water partition coefficient (Wildman–Crippen LogP) is 1.66. The first kappa shape index (κ1) is 12.7. The van der Waals surface area contributed by atoms with Crippen LogP contribution in [0.4, 0.5) is 0 Å². The van der Waals surface area contributed by atoms with Gasteiger partial charge in [-0.15, -0.1) is 0 Å². The maximum absolute atomic E-state index is 5.87. The number of hydrogen-bond acceptors (Lipinski definition) is 2. The Bertz CT molecular complexity index is 652. The number of fused-ring (bicyclic) bond motifs is 1. The Morgan fingerprint density at radius 1 is 1.00 bits per heavy atom. The highest BCUT2D eigenvalue weighted by Crippen LogP contribution is 1.95. The molecule has 2 rings (SSSR count). The van der Waals surface area contributed by atoms with E-state index < -0.39 is 0 Å². The van der Waals surface area contributed by atoms with Crippen molar-refractivity contribution in [3.63, 3.8) is 0 Å². The van der Waals surface area contributed by atoms with Crippen LogP contribution in [-0.4, -0.2) is 10.6 Å². The van der Waals surface area contributed by atoms with Crippen molar-refractivity contribution in [1.82, 2.24) is 4.57 Å². The SMILES string of the molecule is CC(C)/N=c1\oc2/c(n1C(C)C)=C\C=C/C=C\C=2. The lowest BCUT2D eigenvalue weighted by atomic mass is 10.3. The van der Waals surface area contributed by atoms with Gasteiger partial charge in [-0.2, -0.15) is 0 Å². The largest absolute Gasteiger partial charge is 0.424 e. The molecule has 3 nitrogen and oxygen atoms in total. The van der Waals surface area contributed by atoms with Crippen molar-refractivity contribution in [2.75, 3.05) is 0 Å². The topological polar surface area (TPSA) is 30.4 Å². The third-order valence-electron chi connectivity index (χ3n) is 2.64. The second-order valence-electron chi connectivity index (χ2n) is 4.92. The number of allylic oxidation sites excluding steroid dienone is 4. The van der Waals surface area contributed by atoms with Gasteiger partial charge in [0.25, 0.3) is 5.68 Å². The molecule has 1 aliphatic carbocycles. The Kier molecular flexibility index (Phi) is 3.70. The van der Waals surface area contributed by atoms with E-state index in [1.807, 2.05) is 30.4 Å². The second-order valence-corrected chi connectivity index (χ2v) is 4.92. The first-order chi connectivity index (χ1) is 8.59. The molecule has 1 aromatic heterocycles. The maximum Gasteiger partial charge on any atom is 0.298 e. The normalized spacial score (nSPS) is 22.7. The lowest BCUT2D eigenvalue weighted by Crippen LogP contribution is -2.34. The molecule has 18 heavy (non-hydrogen) atoms. The lowest BCUT2D eigenvalue weighted by molar-refractivity contribution is 0.412. The molecule has 1 aliphatic rings. The zero-order valence-corrected chi connectivity index (χ0v) is 11.4. The maximum atomic E-state index is 5.87. The van der Waals surface area contributed by atoms with Gasteiger partial charge in [0.15, 0.2) is 5.42 Å². The third-order valence-corrected chi connectivity index (χ3v) is 2.64. The summed E-state index contributed by atoms with van der Waals surface area (Å²) in [5.74, 6) is 0. The summed E-state index contributed by atoms with van der Waals surface area (Å²) in [5.41, 5.74) is 1.56. The minimum atomic E-state index is 0.220. The molecule has 0 spiro atoms. The molecular weight excluding hydrogens is 224 g/mol. The van der Waals surface area contributed by atoms with Gasteiger partial charge < -0.3 is 4.42 Å². The standard InChI is InChI=1S/C15H20N2O/c1-11(2)16-15-17(12(3)4)13-9-7-5-6-8-10-14(13)18-15/h5-12H,1-4H3/b6-5?,7-5-,8-6-,9-7?,10-8?,13-9+,14-10+,16-15-. The van der Waals surface area contributed by atoms with Crippen LogP contribution in [-0.2, 0) is 0 Å². The molecule has 3 heteroatoms.